The van der Waals surface area contributed by atoms with Gasteiger partial charge in [-0.2, -0.15) is 0 Å². The highest BCUT2D eigenvalue weighted by molar-refractivity contribution is 6.31. The standard InChI is InChI=1S/C19H14ClFN2O5/c20-12-1-6-15-11(7-12)8-16(28-15)19(26)27-10-18(25)22-9-17(24)23-14-4-2-13(21)3-5-14/h1-8H,9-10H2,(H,22,25)(H,23,24). The van der Waals surface area contributed by atoms with E-state index in [1.165, 1.54) is 30.3 Å². The van der Waals surface area contributed by atoms with E-state index in [9.17, 15) is 18.8 Å². The highest BCUT2D eigenvalue weighted by Gasteiger charge is 2.16. The third-order valence-corrected chi connectivity index (χ3v) is 3.82. The topological polar surface area (TPSA) is 97.6 Å². The van der Waals surface area contributed by atoms with E-state index in [0.717, 1.165) is 0 Å². The van der Waals surface area contributed by atoms with Gasteiger partial charge in [-0.15, -0.1) is 0 Å². The van der Waals surface area contributed by atoms with Crippen LogP contribution in [0, 0.1) is 5.82 Å². The molecule has 0 bridgehead atoms. The van der Waals surface area contributed by atoms with Crippen molar-refractivity contribution < 1.29 is 27.9 Å². The van der Waals surface area contributed by atoms with Crippen molar-refractivity contribution in [3.8, 4) is 0 Å². The van der Waals surface area contributed by atoms with Crippen molar-refractivity contribution in [2.24, 2.45) is 0 Å². The summed E-state index contributed by atoms with van der Waals surface area (Å²) in [7, 11) is 0. The van der Waals surface area contributed by atoms with Gasteiger partial charge in [-0.1, -0.05) is 11.6 Å². The van der Waals surface area contributed by atoms with Crippen molar-refractivity contribution in [3.63, 3.8) is 0 Å². The van der Waals surface area contributed by atoms with Crippen LogP contribution < -0.4 is 10.6 Å². The Morgan fingerprint density at radius 2 is 1.79 bits per heavy atom. The zero-order chi connectivity index (χ0) is 20.1. The predicted molar refractivity (Wildman–Crippen MR) is 99.5 cm³/mol. The average Bonchev–Trinajstić information content (AvgIpc) is 3.09. The lowest BCUT2D eigenvalue weighted by atomic mass is 10.2. The Morgan fingerprint density at radius 3 is 2.54 bits per heavy atom. The number of carbonyl (C=O) groups is 3. The molecule has 3 aromatic rings. The van der Waals surface area contributed by atoms with E-state index >= 15 is 0 Å². The van der Waals surface area contributed by atoms with Crippen molar-refractivity contribution in [2.75, 3.05) is 18.5 Å². The highest BCUT2D eigenvalue weighted by Crippen LogP contribution is 2.23. The maximum atomic E-state index is 12.8. The van der Waals surface area contributed by atoms with Crippen molar-refractivity contribution in [3.05, 3.63) is 65.1 Å². The van der Waals surface area contributed by atoms with Crippen LogP contribution in [0.3, 0.4) is 0 Å². The zero-order valence-electron chi connectivity index (χ0n) is 14.3. The monoisotopic (exact) mass is 404 g/mol. The number of hydrogen-bond donors (Lipinski definition) is 2. The van der Waals surface area contributed by atoms with Crippen LogP contribution in [0.25, 0.3) is 11.0 Å². The molecule has 9 heteroatoms. The van der Waals surface area contributed by atoms with Crippen LogP contribution in [0.1, 0.15) is 10.6 Å². The number of fused-ring (bicyclic) bond motifs is 1. The van der Waals surface area contributed by atoms with Gasteiger partial charge >= 0.3 is 5.97 Å². The van der Waals surface area contributed by atoms with Crippen LogP contribution in [-0.4, -0.2) is 30.9 Å². The minimum atomic E-state index is -0.821. The van der Waals surface area contributed by atoms with Crippen LogP contribution in [0.2, 0.25) is 5.02 Å². The number of anilines is 1. The Morgan fingerprint density at radius 1 is 1.04 bits per heavy atom. The molecule has 2 amide bonds. The van der Waals surface area contributed by atoms with Crippen LogP contribution >= 0.6 is 11.6 Å². The maximum Gasteiger partial charge on any atom is 0.374 e. The molecule has 28 heavy (non-hydrogen) atoms. The smallest absolute Gasteiger partial charge is 0.374 e. The predicted octanol–water partition coefficient (Wildman–Crippen LogP) is 3.14. The molecule has 0 aliphatic carbocycles. The molecule has 0 saturated carbocycles. The van der Waals surface area contributed by atoms with Crippen molar-refractivity contribution in [2.45, 2.75) is 0 Å². The molecule has 1 aromatic heterocycles. The summed E-state index contributed by atoms with van der Waals surface area (Å²) in [5, 5.41) is 5.90. The van der Waals surface area contributed by atoms with Gasteiger partial charge in [0.05, 0.1) is 6.54 Å². The SMILES string of the molecule is O=C(COC(=O)c1cc2cc(Cl)ccc2o1)NCC(=O)Nc1ccc(F)cc1. The average molecular weight is 405 g/mol. The Kier molecular flexibility index (Phi) is 5.90. The molecule has 0 fully saturated rings. The summed E-state index contributed by atoms with van der Waals surface area (Å²) < 4.78 is 23.0. The van der Waals surface area contributed by atoms with E-state index in [-0.39, 0.29) is 12.3 Å². The van der Waals surface area contributed by atoms with Gasteiger partial charge in [-0.05, 0) is 48.5 Å². The molecule has 2 N–H and O–H groups in total. The summed E-state index contributed by atoms with van der Waals surface area (Å²) >= 11 is 5.87. The van der Waals surface area contributed by atoms with E-state index < -0.39 is 30.2 Å². The molecule has 7 nitrogen and oxygen atoms in total. The molecular weight excluding hydrogens is 391 g/mol. The normalized spacial score (nSPS) is 10.5. The van der Waals surface area contributed by atoms with Gasteiger partial charge in [0.1, 0.15) is 11.4 Å². The molecular formula is C19H14ClFN2O5. The number of furan rings is 1. The summed E-state index contributed by atoms with van der Waals surface area (Å²) in [5.41, 5.74) is 0.843. The second-order valence-electron chi connectivity index (χ2n) is 5.70. The summed E-state index contributed by atoms with van der Waals surface area (Å²) in [6.07, 6.45) is 0. The van der Waals surface area contributed by atoms with Gasteiger partial charge in [-0.3, -0.25) is 9.59 Å². The quantitative estimate of drug-likeness (QED) is 0.615. The molecule has 1 heterocycles. The van der Waals surface area contributed by atoms with Crippen LogP contribution in [0.5, 0.6) is 0 Å². The molecule has 2 aromatic carbocycles. The number of hydrogen-bond acceptors (Lipinski definition) is 5. The fraction of sp³-hybridized carbons (Fsp3) is 0.105. The number of ether oxygens (including phenoxy) is 1. The lowest BCUT2D eigenvalue weighted by Gasteiger charge is -2.07. The third-order valence-electron chi connectivity index (χ3n) is 3.59. The van der Waals surface area contributed by atoms with E-state index in [2.05, 4.69) is 10.6 Å². The first-order valence-corrected chi connectivity index (χ1v) is 8.47. The fourth-order valence-electron chi connectivity index (χ4n) is 2.29. The Hall–Kier alpha value is -3.39. The van der Waals surface area contributed by atoms with Crippen molar-refractivity contribution >= 4 is 46.0 Å². The minimum Gasteiger partial charge on any atom is -0.450 e. The summed E-state index contributed by atoms with van der Waals surface area (Å²) in [6.45, 7) is -0.919. The van der Waals surface area contributed by atoms with Gasteiger partial charge in [0, 0.05) is 16.1 Å². The fourth-order valence-corrected chi connectivity index (χ4v) is 2.47. The number of halogens is 2. The van der Waals surface area contributed by atoms with Crippen molar-refractivity contribution in [1.29, 1.82) is 0 Å². The first-order valence-electron chi connectivity index (χ1n) is 8.09. The first kappa shape index (κ1) is 19.4. The molecule has 0 unspecified atom stereocenters. The zero-order valence-corrected chi connectivity index (χ0v) is 15.1. The van der Waals surface area contributed by atoms with Gasteiger partial charge in [0.25, 0.3) is 5.91 Å². The highest BCUT2D eigenvalue weighted by atomic mass is 35.5. The van der Waals surface area contributed by atoms with E-state index in [1.807, 2.05) is 0 Å². The number of amides is 2. The lowest BCUT2D eigenvalue weighted by molar-refractivity contribution is -0.126. The van der Waals surface area contributed by atoms with Crippen LogP contribution in [0.15, 0.2) is 52.9 Å². The number of benzene rings is 2. The molecule has 0 atom stereocenters. The van der Waals surface area contributed by atoms with E-state index in [1.54, 1.807) is 18.2 Å². The first-order chi connectivity index (χ1) is 13.4. The molecule has 0 spiro atoms. The third kappa shape index (κ3) is 5.08. The number of nitrogens with one attached hydrogen (secondary N) is 2. The summed E-state index contributed by atoms with van der Waals surface area (Å²) in [4.78, 5) is 35.4. The van der Waals surface area contributed by atoms with Gasteiger partial charge < -0.3 is 19.8 Å². The molecule has 0 radical (unpaired) electrons. The number of rotatable bonds is 6. The lowest BCUT2D eigenvalue weighted by Crippen LogP contribution is -2.35. The Balaban J connectivity index is 1.44. The second kappa shape index (κ2) is 8.53. The van der Waals surface area contributed by atoms with Gasteiger partial charge in [0.2, 0.25) is 11.7 Å². The molecule has 0 saturated heterocycles. The minimum absolute atomic E-state index is 0.0703. The number of carbonyl (C=O) groups excluding carboxylic acids is 3. The maximum absolute atomic E-state index is 12.8. The molecule has 0 aliphatic rings. The van der Waals surface area contributed by atoms with Gasteiger partial charge in [0.15, 0.2) is 6.61 Å². The molecule has 0 aliphatic heterocycles. The summed E-state index contributed by atoms with van der Waals surface area (Å²) in [6, 6.07) is 11.5. The Labute approximate surface area is 163 Å². The summed E-state index contributed by atoms with van der Waals surface area (Å²) in [5.74, 6) is -2.50. The molecule has 3 rings (SSSR count). The van der Waals surface area contributed by atoms with Crippen LogP contribution in [0.4, 0.5) is 10.1 Å². The van der Waals surface area contributed by atoms with Crippen LogP contribution in [-0.2, 0) is 14.3 Å². The number of esters is 1. The molecule has 144 valence electrons. The van der Waals surface area contributed by atoms with Crippen molar-refractivity contribution in [1.82, 2.24) is 5.32 Å². The van der Waals surface area contributed by atoms with E-state index in [0.29, 0.717) is 21.7 Å². The Bertz CT molecular complexity index is 1030. The van der Waals surface area contributed by atoms with Gasteiger partial charge in [-0.25, -0.2) is 9.18 Å². The van der Waals surface area contributed by atoms with E-state index in [4.69, 9.17) is 20.8 Å². The second-order valence-corrected chi connectivity index (χ2v) is 6.14. The largest absolute Gasteiger partial charge is 0.450 e.